The second-order valence-corrected chi connectivity index (χ2v) is 16.4. The highest BCUT2D eigenvalue weighted by atomic mass is 32.2. The zero-order valence-corrected chi connectivity index (χ0v) is 34.4. The van der Waals surface area contributed by atoms with Gasteiger partial charge >= 0.3 is 5.97 Å². The predicted octanol–water partition coefficient (Wildman–Crippen LogP) is -2.27. The van der Waals surface area contributed by atoms with Crippen molar-refractivity contribution in [2.24, 2.45) is 11.8 Å². The van der Waals surface area contributed by atoms with E-state index in [-0.39, 0.29) is 28.5 Å². The van der Waals surface area contributed by atoms with E-state index in [9.17, 15) is 53.4 Å². The zero-order chi connectivity index (χ0) is 44.0. The maximum Gasteiger partial charge on any atom is 0.305 e. The molecule has 9 atom stereocenters. The van der Waals surface area contributed by atoms with Gasteiger partial charge in [-0.2, -0.15) is 0 Å². The molecule has 60 heavy (non-hydrogen) atoms. The van der Waals surface area contributed by atoms with Crippen LogP contribution in [0.5, 0.6) is 0 Å². The topological polar surface area (TPSA) is 323 Å². The number of aliphatic hydroxyl groups excluding tert-OH is 1. The number of aliphatic carboxylic acids is 1. The van der Waals surface area contributed by atoms with Gasteiger partial charge in [0.05, 0.1) is 30.6 Å². The Morgan fingerprint density at radius 3 is 2.12 bits per heavy atom. The van der Waals surface area contributed by atoms with Crippen LogP contribution in [0.1, 0.15) is 65.0 Å². The van der Waals surface area contributed by atoms with E-state index in [0.717, 1.165) is 16.7 Å². The number of aromatic nitrogens is 1. The summed E-state index contributed by atoms with van der Waals surface area (Å²) in [6.45, 7) is 5.21. The lowest BCUT2D eigenvalue weighted by molar-refractivity contribution is -0.146. The fourth-order valence-corrected chi connectivity index (χ4v) is 8.41. The summed E-state index contributed by atoms with van der Waals surface area (Å²) < 4.78 is 0. The number of carboxylic acid groups (broad SMARTS) is 1. The van der Waals surface area contributed by atoms with Gasteiger partial charge < -0.3 is 63.0 Å². The lowest BCUT2D eigenvalue weighted by atomic mass is 9.96. The molecule has 4 heterocycles. The summed E-state index contributed by atoms with van der Waals surface area (Å²) in [6, 6.07) is -4.06. The number of rotatable bonds is 6. The van der Waals surface area contributed by atoms with Gasteiger partial charge in [-0.25, -0.2) is 0 Å². The minimum absolute atomic E-state index is 0.153. The molecule has 1 aromatic carbocycles. The Hall–Kier alpha value is -5.90. The predicted molar refractivity (Wildman–Crippen MR) is 215 cm³/mol. The van der Waals surface area contributed by atoms with Crippen LogP contribution in [-0.4, -0.2) is 135 Å². The Balaban J connectivity index is 1.72. The number of fused-ring (bicyclic) bond motifs is 4. The van der Waals surface area contributed by atoms with Gasteiger partial charge in [-0.3, -0.25) is 43.2 Å². The maximum absolute atomic E-state index is 14.5. The molecule has 0 spiro atoms. The van der Waals surface area contributed by atoms with E-state index < -0.39 is 133 Å². The number of aliphatic hydroxyl groups is 1. The third kappa shape index (κ3) is 10.4. The smallest absolute Gasteiger partial charge is 0.305 e. The SMILES string of the molecule is CC[C@H](C)[C@@H]1NC(=O)CNC(=O)[C@H]2NC(=O)[C@H]([C@@H](C)CC)NC(=O)[C@@H]3C[C@@H](O)CN3C(=O)[C@H](CC(=O)O)NC(=O)[C@H](CSc3[nH]c4ccc(N)cc4c32)NC(=O)CNC1=O. The maximum atomic E-state index is 14.5. The number of carbonyl (C=O) groups excluding carboxylic acids is 8. The standard InChI is InChI=1S/C38H52N10O11S/c1-5-16(3)29-34(56)40-12-25(50)42-23-15-60-37-28(20-9-18(39)7-8-21(20)44-37)31(35(57)41-13-26(51)45-29)47-36(58)30(17(4)6-2)46-33(55)24-10-19(49)14-48(24)38(59)22(11-27(52)53)43-32(23)54/h7-9,16-17,19,22-24,29-31,44,49H,5-6,10-15,39H2,1-4H3,(H,40,56)(H,41,57)(H,42,50)(H,43,54)(H,45,51)(H,46,55)(H,47,58)(H,52,53)/t16-,17-,19+,22-,23-,24-,29-,30-,31-/m0/s1. The van der Waals surface area contributed by atoms with Gasteiger partial charge in [-0.1, -0.05) is 40.5 Å². The Bertz CT molecular complexity index is 2040. The van der Waals surface area contributed by atoms with Crippen molar-refractivity contribution in [3.05, 3.63) is 23.8 Å². The van der Waals surface area contributed by atoms with Crippen LogP contribution in [-0.2, 0) is 43.2 Å². The van der Waals surface area contributed by atoms with E-state index in [2.05, 4.69) is 42.2 Å². The molecule has 0 saturated carbocycles. The third-order valence-corrected chi connectivity index (χ3v) is 12.1. The fourth-order valence-electron chi connectivity index (χ4n) is 7.28. The van der Waals surface area contributed by atoms with Gasteiger partial charge in [-0.05, 0) is 30.0 Å². The molecule has 1 aromatic heterocycles. The molecule has 1 saturated heterocycles. The lowest BCUT2D eigenvalue weighted by Crippen LogP contribution is -2.60. The van der Waals surface area contributed by atoms with Crippen LogP contribution in [0.4, 0.5) is 5.69 Å². The van der Waals surface area contributed by atoms with Crippen molar-refractivity contribution in [3.8, 4) is 0 Å². The molecule has 12 N–H and O–H groups in total. The highest BCUT2D eigenvalue weighted by Gasteiger charge is 2.44. The summed E-state index contributed by atoms with van der Waals surface area (Å²) in [7, 11) is 0. The van der Waals surface area contributed by atoms with Crippen LogP contribution in [0.2, 0.25) is 0 Å². The van der Waals surface area contributed by atoms with Gasteiger partial charge in [-0.15, -0.1) is 11.8 Å². The molecule has 0 radical (unpaired) electrons. The van der Waals surface area contributed by atoms with Crippen molar-refractivity contribution < 1.29 is 53.4 Å². The molecule has 0 unspecified atom stereocenters. The number of nitrogens with one attached hydrogen (secondary N) is 8. The molecule has 1 fully saturated rings. The molecular weight excluding hydrogens is 805 g/mol. The van der Waals surface area contributed by atoms with Gasteiger partial charge in [0.2, 0.25) is 47.3 Å². The normalized spacial score (nSPS) is 27.6. The van der Waals surface area contributed by atoms with Crippen molar-refractivity contribution >= 4 is 81.6 Å². The fraction of sp³-hybridized carbons (Fsp3) is 0.553. The van der Waals surface area contributed by atoms with Crippen LogP contribution in [0.3, 0.4) is 0 Å². The van der Waals surface area contributed by atoms with Crippen LogP contribution in [0, 0.1) is 11.8 Å². The number of H-pyrrole nitrogens is 1. The molecule has 3 aliphatic rings. The molecule has 22 heteroatoms. The molecule has 5 rings (SSSR count). The molecule has 0 aliphatic carbocycles. The minimum atomic E-state index is -1.79. The number of thioether (sulfide) groups is 1. The molecule has 3 aliphatic heterocycles. The van der Waals surface area contributed by atoms with E-state index in [1.807, 2.05) is 0 Å². The Kier molecular flexibility index (Phi) is 14.6. The van der Waals surface area contributed by atoms with E-state index in [1.54, 1.807) is 45.9 Å². The Labute approximate surface area is 348 Å². The van der Waals surface area contributed by atoms with Gasteiger partial charge in [0, 0.05) is 40.9 Å². The highest BCUT2D eigenvalue weighted by molar-refractivity contribution is 7.99. The summed E-state index contributed by atoms with van der Waals surface area (Å²) in [5.74, 6) is -9.79. The number of nitrogen functional groups attached to an aromatic ring is 1. The molecule has 326 valence electrons. The first kappa shape index (κ1) is 45.2. The highest BCUT2D eigenvalue weighted by Crippen LogP contribution is 2.36. The number of nitrogens with zero attached hydrogens (tertiary/aromatic N) is 1. The first-order valence-corrected chi connectivity index (χ1v) is 20.7. The largest absolute Gasteiger partial charge is 0.481 e. The monoisotopic (exact) mass is 856 g/mol. The van der Waals surface area contributed by atoms with Crippen molar-refractivity contribution in [2.75, 3.05) is 31.1 Å². The Morgan fingerprint density at radius 2 is 1.47 bits per heavy atom. The summed E-state index contributed by atoms with van der Waals surface area (Å²) in [4.78, 5) is 127. The first-order chi connectivity index (χ1) is 28.4. The second-order valence-electron chi connectivity index (χ2n) is 15.3. The zero-order valence-electron chi connectivity index (χ0n) is 33.6. The molecular formula is C38H52N10O11S. The molecule has 8 amide bonds. The van der Waals surface area contributed by atoms with E-state index in [0.29, 0.717) is 23.7 Å². The van der Waals surface area contributed by atoms with Crippen molar-refractivity contribution in [1.29, 1.82) is 0 Å². The number of amides is 8. The van der Waals surface area contributed by atoms with E-state index in [1.165, 1.54) is 0 Å². The van der Waals surface area contributed by atoms with Crippen LogP contribution in [0.25, 0.3) is 10.9 Å². The van der Waals surface area contributed by atoms with Gasteiger partial charge in [0.25, 0.3) is 0 Å². The average molecular weight is 857 g/mol. The lowest BCUT2D eigenvalue weighted by Gasteiger charge is -2.31. The average Bonchev–Trinajstić information content (AvgIpc) is 3.78. The third-order valence-electron chi connectivity index (χ3n) is 11.0. The molecule has 2 aromatic rings. The number of hydrogen-bond donors (Lipinski definition) is 11. The Morgan fingerprint density at radius 1 is 0.833 bits per heavy atom. The number of nitrogens with two attached hydrogens (primary N) is 1. The summed E-state index contributed by atoms with van der Waals surface area (Å²) in [5, 5.41) is 39.0. The number of anilines is 1. The van der Waals surface area contributed by atoms with Crippen molar-refractivity contribution in [3.63, 3.8) is 0 Å². The van der Waals surface area contributed by atoms with Crippen LogP contribution in [0.15, 0.2) is 23.2 Å². The van der Waals surface area contributed by atoms with Gasteiger partial charge in [0.15, 0.2) is 0 Å². The second kappa shape index (κ2) is 19.4. The summed E-state index contributed by atoms with van der Waals surface area (Å²) in [5.41, 5.74) is 7.08. The molecule has 2 bridgehead atoms. The molecule has 21 nitrogen and oxygen atoms in total. The number of benzene rings is 1. The van der Waals surface area contributed by atoms with E-state index in [4.69, 9.17) is 5.73 Å². The van der Waals surface area contributed by atoms with Crippen LogP contribution < -0.4 is 43.0 Å². The minimum Gasteiger partial charge on any atom is -0.481 e. The van der Waals surface area contributed by atoms with Crippen molar-refractivity contribution in [1.82, 2.24) is 47.1 Å². The number of carbonyl (C=O) groups is 9. The summed E-state index contributed by atoms with van der Waals surface area (Å²) in [6.07, 6.45) is -1.68. The number of hydrogen-bond acceptors (Lipinski definition) is 12. The number of aromatic amines is 1. The van der Waals surface area contributed by atoms with Crippen LogP contribution >= 0.6 is 11.8 Å². The summed E-state index contributed by atoms with van der Waals surface area (Å²) >= 11 is 0.923. The van der Waals surface area contributed by atoms with Gasteiger partial charge in [0.1, 0.15) is 36.3 Å². The quantitative estimate of drug-likeness (QED) is 0.137. The first-order valence-electron chi connectivity index (χ1n) is 19.7. The number of carboxylic acids is 1. The van der Waals surface area contributed by atoms with Crippen molar-refractivity contribution in [2.45, 2.75) is 101 Å². The van der Waals surface area contributed by atoms with E-state index >= 15 is 0 Å².